The highest BCUT2D eigenvalue weighted by Gasteiger charge is 2.23. The van der Waals surface area contributed by atoms with Gasteiger partial charge in [0.25, 0.3) is 0 Å². The van der Waals surface area contributed by atoms with Crippen LogP contribution in [0.2, 0.25) is 0 Å². The summed E-state index contributed by atoms with van der Waals surface area (Å²) < 4.78 is 27.9. The van der Waals surface area contributed by atoms with E-state index >= 15 is 0 Å². The van der Waals surface area contributed by atoms with Crippen molar-refractivity contribution >= 4 is 62.1 Å². The lowest BCUT2D eigenvalue weighted by Gasteiger charge is -2.26. The van der Waals surface area contributed by atoms with Gasteiger partial charge in [-0.05, 0) is 24.3 Å². The van der Waals surface area contributed by atoms with Crippen molar-refractivity contribution < 1.29 is 8.42 Å². The van der Waals surface area contributed by atoms with E-state index < -0.39 is 15.2 Å². The Morgan fingerprint density at radius 3 is 2.07 bits per heavy atom. The Kier molecular flexibility index (Phi) is 7.91. The Labute approximate surface area is 174 Å². The van der Waals surface area contributed by atoms with E-state index in [1.54, 1.807) is 29.9 Å². The van der Waals surface area contributed by atoms with Crippen molar-refractivity contribution in [3.63, 3.8) is 0 Å². The van der Waals surface area contributed by atoms with Crippen molar-refractivity contribution in [2.45, 2.75) is 6.54 Å². The lowest BCUT2D eigenvalue weighted by Crippen LogP contribution is -2.32. The van der Waals surface area contributed by atoms with Crippen LogP contribution >= 0.6 is 34.8 Å². The molecule has 0 fully saturated rings. The van der Waals surface area contributed by atoms with Crippen LogP contribution < -0.4 is 14.9 Å². The predicted molar refractivity (Wildman–Crippen MR) is 114 cm³/mol. The summed E-state index contributed by atoms with van der Waals surface area (Å²) in [7, 11) is -1.99. The van der Waals surface area contributed by atoms with Crippen molar-refractivity contribution in [2.24, 2.45) is 7.05 Å². The molecule has 0 atom stereocenters. The van der Waals surface area contributed by atoms with Crippen LogP contribution in [-0.4, -0.2) is 48.0 Å². The lowest BCUT2D eigenvalue weighted by atomic mass is 10.2. The summed E-state index contributed by atoms with van der Waals surface area (Å²) in [5.74, 6) is 1.24. The van der Waals surface area contributed by atoms with Gasteiger partial charge in [0.05, 0.1) is 24.1 Å². The van der Waals surface area contributed by atoms with Gasteiger partial charge < -0.3 is 15.2 Å². The normalized spacial score (nSPS) is 11.6. The average molecular weight is 455 g/mol. The van der Waals surface area contributed by atoms with Crippen LogP contribution in [0.1, 0.15) is 5.69 Å². The molecule has 27 heavy (non-hydrogen) atoms. The second kappa shape index (κ2) is 9.73. The second-order valence-corrected chi connectivity index (χ2v) is 9.01. The maximum absolute atomic E-state index is 12.5. The van der Waals surface area contributed by atoms with Crippen LogP contribution in [0.3, 0.4) is 0 Å². The van der Waals surface area contributed by atoms with E-state index in [-0.39, 0.29) is 6.54 Å². The highest BCUT2D eigenvalue weighted by Crippen LogP contribution is 2.26. The fraction of sp³-hybridized carbons (Fsp3) is 0.438. The predicted octanol–water partition coefficient (Wildman–Crippen LogP) is 2.82. The molecular formula is C16H22Cl3N5O2S. The monoisotopic (exact) mass is 453 g/mol. The van der Waals surface area contributed by atoms with Gasteiger partial charge >= 0.3 is 0 Å². The third-order valence-electron chi connectivity index (χ3n) is 4.11. The Hall–Kier alpha value is -1.35. The number of benzene rings is 1. The number of nitrogen functional groups attached to an aromatic ring is 1. The van der Waals surface area contributed by atoms with Crippen LogP contribution in [0.5, 0.6) is 0 Å². The van der Waals surface area contributed by atoms with Crippen molar-refractivity contribution in [1.82, 2.24) is 9.55 Å². The molecule has 0 radical (unpaired) electrons. The van der Waals surface area contributed by atoms with Gasteiger partial charge in [-0.15, -0.1) is 34.8 Å². The van der Waals surface area contributed by atoms with Crippen molar-refractivity contribution in [3.8, 4) is 0 Å². The summed E-state index contributed by atoms with van der Waals surface area (Å²) in [4.78, 5) is 6.04. The summed E-state index contributed by atoms with van der Waals surface area (Å²) in [5.41, 5.74) is 7.79. The molecule has 0 unspecified atom stereocenters. The number of anilines is 3. The number of imidazole rings is 1. The van der Waals surface area contributed by atoms with Crippen molar-refractivity contribution in [3.05, 3.63) is 36.2 Å². The van der Waals surface area contributed by atoms with E-state index in [1.165, 1.54) is 4.31 Å². The number of nitrogens with two attached hydrogens (primary N) is 1. The van der Waals surface area contributed by atoms with Gasteiger partial charge in [-0.3, -0.25) is 4.31 Å². The minimum absolute atomic E-state index is 0.0716. The van der Waals surface area contributed by atoms with Crippen molar-refractivity contribution in [2.75, 3.05) is 45.0 Å². The zero-order valence-corrected chi connectivity index (χ0v) is 17.9. The summed E-state index contributed by atoms with van der Waals surface area (Å²) in [6.45, 7) is 1.36. The fourth-order valence-electron chi connectivity index (χ4n) is 2.57. The SMILES string of the molecule is Cn1c(CN(c2ccc(N(CCCl)CCCl)cc2)S(=O)(=O)CCl)cnc1N. The summed E-state index contributed by atoms with van der Waals surface area (Å²) in [6.07, 6.45) is 1.54. The third kappa shape index (κ3) is 5.34. The highest BCUT2D eigenvalue weighted by molar-refractivity contribution is 7.93. The maximum atomic E-state index is 12.5. The molecule has 0 aliphatic carbocycles. The fourth-order valence-corrected chi connectivity index (χ4v) is 4.22. The molecule has 2 rings (SSSR count). The highest BCUT2D eigenvalue weighted by atomic mass is 35.5. The lowest BCUT2D eigenvalue weighted by molar-refractivity contribution is 0.593. The Morgan fingerprint density at radius 2 is 1.63 bits per heavy atom. The molecule has 0 bridgehead atoms. The molecular weight excluding hydrogens is 433 g/mol. The summed E-state index contributed by atoms with van der Waals surface area (Å²) in [6, 6.07) is 7.13. The number of halogens is 3. The standard InChI is InChI=1S/C16H22Cl3N5O2S/c1-22-15(10-21-16(22)20)11-24(27(25,26)12-19)14-4-2-13(3-5-14)23(8-6-17)9-7-18/h2-5,10H,6-9,11-12H2,1H3,(H2,20,21). The molecule has 1 aromatic heterocycles. The zero-order valence-electron chi connectivity index (χ0n) is 14.9. The molecule has 2 N–H and O–H groups in total. The number of alkyl halides is 3. The minimum Gasteiger partial charge on any atom is -0.369 e. The molecule has 0 amide bonds. The van der Waals surface area contributed by atoms with Crippen molar-refractivity contribution in [1.29, 1.82) is 0 Å². The largest absolute Gasteiger partial charge is 0.369 e. The van der Waals surface area contributed by atoms with E-state index in [0.29, 0.717) is 42.2 Å². The number of nitrogens with zero attached hydrogens (tertiary/aromatic N) is 4. The molecule has 0 aliphatic rings. The van der Waals surface area contributed by atoms with Crippen LogP contribution in [0, 0.1) is 0 Å². The molecule has 1 aromatic carbocycles. The Morgan fingerprint density at radius 1 is 1.07 bits per heavy atom. The van der Waals surface area contributed by atoms with E-state index in [4.69, 9.17) is 40.5 Å². The zero-order chi connectivity index (χ0) is 20.0. The number of hydrogen-bond donors (Lipinski definition) is 1. The first-order valence-corrected chi connectivity index (χ1v) is 11.3. The number of sulfonamides is 1. The first kappa shape index (κ1) is 21.9. The quantitative estimate of drug-likeness (QED) is 0.558. The molecule has 0 saturated carbocycles. The van der Waals surface area contributed by atoms with Gasteiger partial charge in [0.2, 0.25) is 10.0 Å². The number of hydrogen-bond acceptors (Lipinski definition) is 5. The molecule has 0 saturated heterocycles. The molecule has 0 aliphatic heterocycles. The molecule has 1 heterocycles. The first-order valence-electron chi connectivity index (χ1n) is 8.13. The second-order valence-electron chi connectivity index (χ2n) is 5.78. The van der Waals surface area contributed by atoms with Crippen LogP contribution in [0.4, 0.5) is 17.3 Å². The van der Waals surface area contributed by atoms with Crippen LogP contribution in [0.15, 0.2) is 30.5 Å². The third-order valence-corrected chi connectivity index (χ3v) is 6.56. The molecule has 150 valence electrons. The molecule has 7 nitrogen and oxygen atoms in total. The topological polar surface area (TPSA) is 84.5 Å². The summed E-state index contributed by atoms with van der Waals surface area (Å²) in [5, 5.41) is -0.535. The number of aromatic nitrogens is 2. The van der Waals surface area contributed by atoms with Gasteiger partial charge in [-0.2, -0.15) is 0 Å². The summed E-state index contributed by atoms with van der Waals surface area (Å²) >= 11 is 17.4. The van der Waals surface area contributed by atoms with Gasteiger partial charge in [-0.1, -0.05) is 0 Å². The first-order chi connectivity index (χ1) is 12.8. The van der Waals surface area contributed by atoms with Crippen LogP contribution in [-0.2, 0) is 23.6 Å². The van der Waals surface area contributed by atoms with Gasteiger partial charge in [0.15, 0.2) is 5.95 Å². The average Bonchev–Trinajstić information content (AvgIpc) is 2.98. The van der Waals surface area contributed by atoms with Crippen LogP contribution in [0.25, 0.3) is 0 Å². The van der Waals surface area contributed by atoms with E-state index in [1.807, 2.05) is 17.0 Å². The molecule has 2 aromatic rings. The van der Waals surface area contributed by atoms with Gasteiger partial charge in [0, 0.05) is 37.6 Å². The Bertz CT molecular complexity index is 836. The van der Waals surface area contributed by atoms with E-state index in [9.17, 15) is 8.42 Å². The molecule has 0 spiro atoms. The number of rotatable bonds is 10. The Balaban J connectivity index is 2.34. The van der Waals surface area contributed by atoms with E-state index in [2.05, 4.69) is 4.98 Å². The van der Waals surface area contributed by atoms with Gasteiger partial charge in [0.1, 0.15) is 5.21 Å². The van der Waals surface area contributed by atoms with E-state index in [0.717, 1.165) is 5.69 Å². The molecule has 11 heteroatoms. The maximum Gasteiger partial charge on any atom is 0.249 e. The smallest absolute Gasteiger partial charge is 0.249 e. The van der Waals surface area contributed by atoms with Gasteiger partial charge in [-0.25, -0.2) is 13.4 Å². The minimum atomic E-state index is -3.71.